The third-order valence-corrected chi connectivity index (χ3v) is 2.62. The first kappa shape index (κ1) is 12.2. The molecule has 0 saturated heterocycles. The van der Waals surface area contributed by atoms with Crippen LogP contribution in [0.15, 0.2) is 24.3 Å². The predicted octanol–water partition coefficient (Wildman–Crippen LogP) is 1.97. The van der Waals surface area contributed by atoms with Gasteiger partial charge in [0.15, 0.2) is 0 Å². The Bertz CT molecular complexity index is 600. The molecule has 0 radical (unpaired) electrons. The first-order chi connectivity index (χ1) is 8.63. The van der Waals surface area contributed by atoms with Gasteiger partial charge in [-0.3, -0.25) is 4.79 Å². The summed E-state index contributed by atoms with van der Waals surface area (Å²) in [5.41, 5.74) is 1.22. The third-order valence-electron chi connectivity index (χ3n) is 2.62. The van der Waals surface area contributed by atoms with E-state index >= 15 is 0 Å². The summed E-state index contributed by atoms with van der Waals surface area (Å²) < 4.78 is 4.82. The van der Waals surface area contributed by atoms with Gasteiger partial charge in [-0.2, -0.15) is 0 Å². The molecule has 2 N–H and O–H groups in total. The molecule has 1 heterocycles. The van der Waals surface area contributed by atoms with Gasteiger partial charge in [-0.25, -0.2) is 4.79 Å². The lowest BCUT2D eigenvalue weighted by Crippen LogP contribution is -2.10. The number of aromatic amines is 1. The SMILES string of the molecule is CCOC(=O)Cc1[nH]c2ccccc2c1C(=O)O. The standard InChI is InChI=1S/C13H13NO4/c1-2-18-11(15)7-10-12(13(16)17)8-5-3-4-6-9(8)14-10/h3-6,14H,2,7H2,1H3,(H,16,17). The van der Waals surface area contributed by atoms with Crippen LogP contribution in [0.25, 0.3) is 10.9 Å². The van der Waals surface area contributed by atoms with Gasteiger partial charge in [0.1, 0.15) is 0 Å². The number of carboxylic acid groups (broad SMARTS) is 1. The van der Waals surface area contributed by atoms with Crippen LogP contribution in [0.1, 0.15) is 23.0 Å². The van der Waals surface area contributed by atoms with E-state index in [9.17, 15) is 14.7 Å². The van der Waals surface area contributed by atoms with Crippen molar-refractivity contribution in [1.29, 1.82) is 0 Å². The van der Waals surface area contributed by atoms with Crippen LogP contribution >= 0.6 is 0 Å². The molecule has 5 heteroatoms. The number of H-pyrrole nitrogens is 1. The van der Waals surface area contributed by atoms with E-state index in [1.807, 2.05) is 0 Å². The molecule has 0 saturated carbocycles. The van der Waals surface area contributed by atoms with E-state index in [-0.39, 0.29) is 18.6 Å². The Kier molecular flexibility index (Phi) is 3.32. The van der Waals surface area contributed by atoms with E-state index in [1.54, 1.807) is 31.2 Å². The predicted molar refractivity (Wildman–Crippen MR) is 65.6 cm³/mol. The largest absolute Gasteiger partial charge is 0.478 e. The highest BCUT2D eigenvalue weighted by atomic mass is 16.5. The number of para-hydroxylation sites is 1. The summed E-state index contributed by atoms with van der Waals surface area (Å²) in [7, 11) is 0. The summed E-state index contributed by atoms with van der Waals surface area (Å²) in [6, 6.07) is 7.05. The fourth-order valence-electron chi connectivity index (χ4n) is 1.93. The second-order valence-corrected chi connectivity index (χ2v) is 3.81. The van der Waals surface area contributed by atoms with Gasteiger partial charge in [0, 0.05) is 16.6 Å². The van der Waals surface area contributed by atoms with Crippen LogP contribution in [-0.4, -0.2) is 28.6 Å². The van der Waals surface area contributed by atoms with Gasteiger partial charge in [0.05, 0.1) is 18.6 Å². The second kappa shape index (κ2) is 4.91. The first-order valence-electron chi connectivity index (χ1n) is 5.62. The summed E-state index contributed by atoms with van der Waals surface area (Å²) in [6.45, 7) is 1.99. The topological polar surface area (TPSA) is 79.4 Å². The molecule has 0 aliphatic carbocycles. The van der Waals surface area contributed by atoms with E-state index < -0.39 is 11.9 Å². The van der Waals surface area contributed by atoms with Crippen molar-refractivity contribution in [3.63, 3.8) is 0 Å². The van der Waals surface area contributed by atoms with E-state index in [4.69, 9.17) is 4.74 Å². The molecule has 18 heavy (non-hydrogen) atoms. The van der Waals surface area contributed by atoms with Gasteiger partial charge in [0.2, 0.25) is 0 Å². The van der Waals surface area contributed by atoms with Crippen molar-refractivity contribution in [3.05, 3.63) is 35.5 Å². The lowest BCUT2D eigenvalue weighted by atomic mass is 10.1. The molecule has 2 aromatic rings. The highest BCUT2D eigenvalue weighted by Crippen LogP contribution is 2.22. The average molecular weight is 247 g/mol. The number of fused-ring (bicyclic) bond motifs is 1. The molecule has 0 atom stereocenters. The number of aromatic nitrogens is 1. The summed E-state index contributed by atoms with van der Waals surface area (Å²) in [6.07, 6.45) is -0.0653. The van der Waals surface area contributed by atoms with Gasteiger partial charge in [0.25, 0.3) is 0 Å². The van der Waals surface area contributed by atoms with E-state index in [1.165, 1.54) is 0 Å². The molecule has 94 valence electrons. The van der Waals surface area contributed by atoms with E-state index in [2.05, 4.69) is 4.98 Å². The summed E-state index contributed by atoms with van der Waals surface area (Å²) in [4.78, 5) is 25.6. The molecule has 1 aromatic heterocycles. The van der Waals surface area contributed by atoms with Crippen LogP contribution in [0.2, 0.25) is 0 Å². The zero-order chi connectivity index (χ0) is 13.1. The minimum Gasteiger partial charge on any atom is -0.478 e. The minimum atomic E-state index is -1.05. The number of ether oxygens (including phenoxy) is 1. The number of hydrogen-bond acceptors (Lipinski definition) is 3. The van der Waals surface area contributed by atoms with Crippen LogP contribution in [-0.2, 0) is 16.0 Å². The van der Waals surface area contributed by atoms with Crippen LogP contribution in [0.3, 0.4) is 0 Å². The van der Waals surface area contributed by atoms with Crippen LogP contribution in [0.5, 0.6) is 0 Å². The number of benzene rings is 1. The molecule has 2 rings (SSSR count). The summed E-state index contributed by atoms with van der Waals surface area (Å²) >= 11 is 0. The van der Waals surface area contributed by atoms with Crippen molar-refractivity contribution < 1.29 is 19.4 Å². The number of carbonyl (C=O) groups excluding carboxylic acids is 1. The molecule has 1 aromatic carbocycles. The van der Waals surface area contributed by atoms with Gasteiger partial charge in [-0.05, 0) is 13.0 Å². The lowest BCUT2D eigenvalue weighted by molar-refractivity contribution is -0.142. The van der Waals surface area contributed by atoms with Crippen LogP contribution < -0.4 is 0 Å². The number of hydrogen-bond donors (Lipinski definition) is 2. The fraction of sp³-hybridized carbons (Fsp3) is 0.231. The number of carbonyl (C=O) groups is 2. The first-order valence-corrected chi connectivity index (χ1v) is 5.62. The van der Waals surface area contributed by atoms with Crippen LogP contribution in [0, 0.1) is 0 Å². The number of carboxylic acids is 1. The molecule has 5 nitrogen and oxygen atoms in total. The Labute approximate surface area is 103 Å². The molecule has 0 spiro atoms. The monoisotopic (exact) mass is 247 g/mol. The normalized spacial score (nSPS) is 10.5. The Balaban J connectivity index is 2.46. The zero-order valence-electron chi connectivity index (χ0n) is 9.90. The Morgan fingerprint density at radius 1 is 1.33 bits per heavy atom. The number of aromatic carboxylic acids is 1. The molecule has 0 fully saturated rings. The van der Waals surface area contributed by atoms with E-state index in [0.717, 1.165) is 0 Å². The van der Waals surface area contributed by atoms with Gasteiger partial charge in [-0.1, -0.05) is 18.2 Å². The van der Waals surface area contributed by atoms with Crippen molar-refractivity contribution in [2.75, 3.05) is 6.61 Å². The summed E-state index contributed by atoms with van der Waals surface area (Å²) in [5.74, 6) is -1.49. The maximum Gasteiger partial charge on any atom is 0.338 e. The van der Waals surface area contributed by atoms with Gasteiger partial charge >= 0.3 is 11.9 Å². The molecule has 0 aliphatic rings. The molecular weight excluding hydrogens is 234 g/mol. The molecule has 0 amide bonds. The van der Waals surface area contributed by atoms with Crippen molar-refractivity contribution >= 4 is 22.8 Å². The Morgan fingerprint density at radius 3 is 2.72 bits per heavy atom. The highest BCUT2D eigenvalue weighted by molar-refractivity contribution is 6.05. The maximum absolute atomic E-state index is 11.4. The van der Waals surface area contributed by atoms with Crippen molar-refractivity contribution in [3.8, 4) is 0 Å². The second-order valence-electron chi connectivity index (χ2n) is 3.81. The van der Waals surface area contributed by atoms with Gasteiger partial charge < -0.3 is 14.8 Å². The number of nitrogens with one attached hydrogen (secondary N) is 1. The summed E-state index contributed by atoms with van der Waals surface area (Å²) in [5, 5.41) is 9.82. The van der Waals surface area contributed by atoms with Crippen molar-refractivity contribution in [1.82, 2.24) is 4.98 Å². The molecule has 0 aliphatic heterocycles. The number of esters is 1. The Hall–Kier alpha value is -2.30. The van der Waals surface area contributed by atoms with Gasteiger partial charge in [-0.15, -0.1) is 0 Å². The molecule has 0 unspecified atom stereocenters. The Morgan fingerprint density at radius 2 is 2.06 bits per heavy atom. The number of rotatable bonds is 4. The zero-order valence-corrected chi connectivity index (χ0v) is 9.90. The average Bonchev–Trinajstić information content (AvgIpc) is 2.66. The van der Waals surface area contributed by atoms with E-state index in [0.29, 0.717) is 16.6 Å². The fourth-order valence-corrected chi connectivity index (χ4v) is 1.93. The minimum absolute atomic E-state index is 0.0653. The molecular formula is C13H13NO4. The molecule has 0 bridgehead atoms. The third kappa shape index (κ3) is 2.20. The van der Waals surface area contributed by atoms with Crippen molar-refractivity contribution in [2.24, 2.45) is 0 Å². The smallest absolute Gasteiger partial charge is 0.338 e. The maximum atomic E-state index is 11.4. The highest BCUT2D eigenvalue weighted by Gasteiger charge is 2.19. The quantitative estimate of drug-likeness (QED) is 0.809. The lowest BCUT2D eigenvalue weighted by Gasteiger charge is -2.01. The van der Waals surface area contributed by atoms with Crippen molar-refractivity contribution in [2.45, 2.75) is 13.3 Å². The van der Waals surface area contributed by atoms with Crippen LogP contribution in [0.4, 0.5) is 0 Å².